The summed E-state index contributed by atoms with van der Waals surface area (Å²) in [5, 5.41) is 15.4. The Morgan fingerprint density at radius 3 is 2.46 bits per heavy atom. The number of anilines is 3. The molecule has 12 nitrogen and oxygen atoms in total. The van der Waals surface area contributed by atoms with Crippen molar-refractivity contribution in [2.24, 2.45) is 5.92 Å². The van der Waals surface area contributed by atoms with E-state index in [2.05, 4.69) is 44.2 Å². The maximum Gasteiger partial charge on any atom is 0.490 e. The molecule has 2 fully saturated rings. The van der Waals surface area contributed by atoms with Gasteiger partial charge in [-0.1, -0.05) is 19.9 Å². The van der Waals surface area contributed by atoms with Gasteiger partial charge < -0.3 is 25.5 Å². The fraction of sp³-hybridized carbons (Fsp3) is 0.483. The van der Waals surface area contributed by atoms with E-state index < -0.39 is 22.2 Å². The highest BCUT2D eigenvalue weighted by Crippen LogP contribution is 2.26. The maximum absolute atomic E-state index is 12.5. The number of nitrogens with zero attached hydrogens (tertiary/aromatic N) is 6. The lowest BCUT2D eigenvalue weighted by molar-refractivity contribution is -0.192. The second kappa shape index (κ2) is 15.2. The molecule has 250 valence electrons. The van der Waals surface area contributed by atoms with Gasteiger partial charge in [0, 0.05) is 62.7 Å². The molecule has 0 saturated carbocycles. The molecule has 1 unspecified atom stereocenters. The van der Waals surface area contributed by atoms with Gasteiger partial charge in [-0.25, -0.2) is 22.5 Å². The third kappa shape index (κ3) is 9.13. The van der Waals surface area contributed by atoms with Crippen LogP contribution in [0.15, 0.2) is 48.8 Å². The van der Waals surface area contributed by atoms with Gasteiger partial charge in [0.15, 0.2) is 5.11 Å². The minimum atomic E-state index is -5.08. The molecule has 17 heteroatoms. The van der Waals surface area contributed by atoms with Crippen LogP contribution in [-0.2, 0) is 14.8 Å². The van der Waals surface area contributed by atoms with Crippen molar-refractivity contribution in [2.45, 2.75) is 38.9 Å². The predicted molar refractivity (Wildman–Crippen MR) is 174 cm³/mol. The van der Waals surface area contributed by atoms with Crippen LogP contribution < -0.4 is 15.5 Å². The molecule has 0 spiro atoms. The summed E-state index contributed by atoms with van der Waals surface area (Å²) in [6, 6.07) is 12.1. The third-order valence-electron chi connectivity index (χ3n) is 7.65. The summed E-state index contributed by atoms with van der Waals surface area (Å²) in [6.45, 7) is 8.19. The molecule has 2 aromatic heterocycles. The number of alkyl halides is 3. The number of aromatic nitrogens is 3. The summed E-state index contributed by atoms with van der Waals surface area (Å²) in [5.41, 5.74) is 1.88. The van der Waals surface area contributed by atoms with Crippen molar-refractivity contribution in [3.63, 3.8) is 0 Å². The zero-order valence-electron chi connectivity index (χ0n) is 25.4. The number of carbonyl (C=O) groups is 1. The maximum atomic E-state index is 12.5. The fourth-order valence-electron chi connectivity index (χ4n) is 5.24. The Morgan fingerprint density at radius 2 is 1.78 bits per heavy atom. The molecule has 46 heavy (non-hydrogen) atoms. The van der Waals surface area contributed by atoms with Gasteiger partial charge >= 0.3 is 12.1 Å². The van der Waals surface area contributed by atoms with Crippen LogP contribution >= 0.6 is 12.2 Å². The Morgan fingerprint density at radius 1 is 1.07 bits per heavy atom. The van der Waals surface area contributed by atoms with Gasteiger partial charge in [0.25, 0.3) is 0 Å². The number of carboxylic acid groups (broad SMARTS) is 1. The SMILES string of the molecule is CC(C)C1CN(c2ccnc(NCCS(=O)(=O)N3CCCC3)n2)CCN1C(=S)Nc1cccc2ncccc12.O=C(O)C(F)(F)F. The number of nitrogens with one attached hydrogen (secondary N) is 2. The van der Waals surface area contributed by atoms with Crippen LogP contribution in [0.25, 0.3) is 10.9 Å². The van der Waals surface area contributed by atoms with E-state index in [-0.39, 0.29) is 18.3 Å². The van der Waals surface area contributed by atoms with Crippen LogP contribution in [0, 0.1) is 5.92 Å². The summed E-state index contributed by atoms with van der Waals surface area (Å²) in [4.78, 5) is 26.9. The summed E-state index contributed by atoms with van der Waals surface area (Å²) in [6.07, 6.45) is 0.300. The number of hydrogen-bond acceptors (Lipinski definition) is 9. The Hall–Kier alpha value is -3.83. The number of sulfonamides is 1. The molecule has 2 saturated heterocycles. The van der Waals surface area contributed by atoms with Crippen LogP contribution in [0.2, 0.25) is 0 Å². The Kier molecular flexibility index (Phi) is 11.6. The summed E-state index contributed by atoms with van der Waals surface area (Å²) in [7, 11) is -3.25. The lowest BCUT2D eigenvalue weighted by Gasteiger charge is -2.45. The minimum Gasteiger partial charge on any atom is -0.475 e. The second-order valence-electron chi connectivity index (χ2n) is 11.1. The van der Waals surface area contributed by atoms with Crippen molar-refractivity contribution in [1.29, 1.82) is 0 Å². The number of benzene rings is 1. The number of halogens is 3. The number of aliphatic carboxylic acids is 1. The molecule has 3 aromatic rings. The van der Waals surface area contributed by atoms with E-state index in [9.17, 15) is 21.6 Å². The number of thiocarbonyl (C=S) groups is 1. The highest BCUT2D eigenvalue weighted by atomic mass is 32.2. The Labute approximate surface area is 271 Å². The van der Waals surface area contributed by atoms with E-state index in [0.29, 0.717) is 30.1 Å². The van der Waals surface area contributed by atoms with Crippen LogP contribution in [0.3, 0.4) is 0 Å². The highest BCUT2D eigenvalue weighted by molar-refractivity contribution is 7.89. The second-order valence-corrected chi connectivity index (χ2v) is 13.6. The predicted octanol–water partition coefficient (Wildman–Crippen LogP) is 4.04. The van der Waals surface area contributed by atoms with E-state index in [4.69, 9.17) is 27.1 Å². The number of hydrogen-bond donors (Lipinski definition) is 3. The molecule has 1 aromatic carbocycles. The highest BCUT2D eigenvalue weighted by Gasteiger charge is 2.38. The molecule has 2 aliphatic rings. The first-order valence-electron chi connectivity index (χ1n) is 14.8. The zero-order valence-corrected chi connectivity index (χ0v) is 27.1. The van der Waals surface area contributed by atoms with Crippen molar-refractivity contribution in [3.05, 3.63) is 48.8 Å². The van der Waals surface area contributed by atoms with Crippen LogP contribution in [0.5, 0.6) is 0 Å². The van der Waals surface area contributed by atoms with Gasteiger partial charge in [-0.05, 0) is 61.3 Å². The number of piperazine rings is 1. The molecular formula is C29H37F3N8O4S2. The smallest absolute Gasteiger partial charge is 0.475 e. The summed E-state index contributed by atoms with van der Waals surface area (Å²) >= 11 is 5.90. The molecule has 2 aliphatic heterocycles. The van der Waals surface area contributed by atoms with Gasteiger partial charge in [0.1, 0.15) is 5.82 Å². The normalized spacial score (nSPS) is 17.5. The van der Waals surface area contributed by atoms with Crippen LogP contribution in [0.4, 0.5) is 30.6 Å². The first kappa shape index (κ1) is 35.0. The number of rotatable bonds is 8. The summed E-state index contributed by atoms with van der Waals surface area (Å²) in [5.74, 6) is -1.11. The molecule has 0 radical (unpaired) electrons. The monoisotopic (exact) mass is 682 g/mol. The van der Waals surface area contributed by atoms with Crippen molar-refractivity contribution in [2.75, 3.05) is 60.6 Å². The molecule has 0 aliphatic carbocycles. The molecule has 0 bridgehead atoms. The average Bonchev–Trinajstić information content (AvgIpc) is 3.57. The first-order chi connectivity index (χ1) is 21.8. The fourth-order valence-corrected chi connectivity index (χ4v) is 7.01. The minimum absolute atomic E-state index is 0.0336. The molecule has 0 amide bonds. The van der Waals surface area contributed by atoms with Gasteiger partial charge in [0.05, 0.1) is 17.3 Å². The van der Waals surface area contributed by atoms with Crippen molar-refractivity contribution in [1.82, 2.24) is 24.2 Å². The van der Waals surface area contributed by atoms with Gasteiger partial charge in [-0.15, -0.1) is 0 Å². The standard InChI is InChI=1S/C27H36N8O2S2.C2HF3O2/c1-20(2)24-19-33(16-17-35(24)27(38)31-23-9-5-8-22-21(23)7-6-11-28-22)25-10-12-29-26(32-25)30-13-18-39(36,37)34-14-3-4-15-34;3-2(4,5)1(6)7/h5-12,20,24H,3-4,13-19H2,1-2H3,(H,31,38)(H,29,30,32);(H,6,7). The zero-order chi connectivity index (χ0) is 33.5. The Bertz CT molecular complexity index is 1620. The van der Waals surface area contributed by atoms with Gasteiger partial charge in [-0.3, -0.25) is 4.98 Å². The molecule has 1 atom stereocenters. The van der Waals surface area contributed by atoms with Crippen LogP contribution in [-0.4, -0.2) is 106 Å². The Balaban J connectivity index is 0.000000617. The lowest BCUT2D eigenvalue weighted by atomic mass is 10.00. The topological polar surface area (TPSA) is 144 Å². The summed E-state index contributed by atoms with van der Waals surface area (Å²) < 4.78 is 58.3. The van der Waals surface area contributed by atoms with E-state index in [1.807, 2.05) is 36.4 Å². The number of fused-ring (bicyclic) bond motifs is 1. The third-order valence-corrected chi connectivity index (χ3v) is 9.85. The largest absolute Gasteiger partial charge is 0.490 e. The molecule has 3 N–H and O–H groups in total. The van der Waals surface area contributed by atoms with Crippen molar-refractivity contribution >= 4 is 61.7 Å². The lowest BCUT2D eigenvalue weighted by Crippen LogP contribution is -2.58. The quantitative estimate of drug-likeness (QED) is 0.295. The van der Waals surface area contributed by atoms with Crippen molar-refractivity contribution in [3.8, 4) is 0 Å². The average molecular weight is 683 g/mol. The number of carboxylic acids is 1. The van der Waals surface area contributed by atoms with E-state index in [0.717, 1.165) is 54.9 Å². The van der Waals surface area contributed by atoms with E-state index in [1.54, 1.807) is 16.7 Å². The van der Waals surface area contributed by atoms with E-state index in [1.165, 1.54) is 0 Å². The van der Waals surface area contributed by atoms with Crippen LogP contribution in [0.1, 0.15) is 26.7 Å². The molecule has 4 heterocycles. The number of pyridine rings is 1. The van der Waals surface area contributed by atoms with Gasteiger partial charge in [0.2, 0.25) is 16.0 Å². The van der Waals surface area contributed by atoms with E-state index >= 15 is 0 Å². The van der Waals surface area contributed by atoms with Crippen molar-refractivity contribution < 1.29 is 31.5 Å². The first-order valence-corrected chi connectivity index (χ1v) is 16.8. The molecule has 5 rings (SSSR count). The van der Waals surface area contributed by atoms with Gasteiger partial charge in [-0.2, -0.15) is 18.2 Å². The molecular weight excluding hydrogens is 645 g/mol.